The number of carbonyl (C=O) groups is 1. The third-order valence-corrected chi connectivity index (χ3v) is 4.38. The molecule has 5 nitrogen and oxygen atoms in total. The molecule has 2 saturated heterocycles. The van der Waals surface area contributed by atoms with Gasteiger partial charge in [0, 0.05) is 45.4 Å². The number of likely N-dealkylation sites (N-methyl/N-ethyl adjacent to an activating group) is 1. The maximum atomic E-state index is 11.6. The highest BCUT2D eigenvalue weighted by Gasteiger charge is 2.42. The molecule has 104 valence electrons. The van der Waals surface area contributed by atoms with Gasteiger partial charge < -0.3 is 14.7 Å². The molecule has 2 rings (SSSR count). The number of hydrogen-bond acceptors (Lipinski definition) is 4. The van der Waals surface area contributed by atoms with Crippen LogP contribution in [0.2, 0.25) is 0 Å². The van der Waals surface area contributed by atoms with Crippen LogP contribution in [0.4, 0.5) is 0 Å². The lowest BCUT2D eigenvalue weighted by Crippen LogP contribution is -2.56. The van der Waals surface area contributed by atoms with E-state index in [1.54, 1.807) is 0 Å². The van der Waals surface area contributed by atoms with Crippen molar-refractivity contribution >= 4 is 5.97 Å². The van der Waals surface area contributed by atoms with Crippen LogP contribution >= 0.6 is 0 Å². The Labute approximate surface area is 109 Å². The van der Waals surface area contributed by atoms with Gasteiger partial charge in [-0.3, -0.25) is 9.69 Å². The van der Waals surface area contributed by atoms with Gasteiger partial charge in [-0.05, 0) is 26.8 Å². The van der Waals surface area contributed by atoms with Gasteiger partial charge in [0.05, 0.1) is 5.41 Å². The number of carboxylic acids is 1. The van der Waals surface area contributed by atoms with Gasteiger partial charge in [-0.15, -0.1) is 0 Å². The Bertz CT molecular complexity index is 303. The lowest BCUT2D eigenvalue weighted by atomic mass is 9.79. The Kier molecular flexibility index (Phi) is 4.25. The third-order valence-electron chi connectivity index (χ3n) is 4.38. The first-order valence-corrected chi connectivity index (χ1v) is 6.77. The fourth-order valence-corrected chi connectivity index (χ4v) is 3.00. The second-order valence-electron chi connectivity index (χ2n) is 5.78. The summed E-state index contributed by atoms with van der Waals surface area (Å²) in [5.41, 5.74) is -0.595. The summed E-state index contributed by atoms with van der Waals surface area (Å²) in [7, 11) is 2.12. The van der Waals surface area contributed by atoms with E-state index in [4.69, 9.17) is 4.74 Å². The Morgan fingerprint density at radius 3 is 2.61 bits per heavy atom. The molecule has 0 amide bonds. The SMILES string of the molecule is CC1CN(C)CCN1CC1(C(=O)O)CCOCC1. The Hall–Kier alpha value is -0.650. The molecule has 0 radical (unpaired) electrons. The molecule has 0 bridgehead atoms. The lowest BCUT2D eigenvalue weighted by molar-refractivity contribution is -0.157. The zero-order valence-electron chi connectivity index (χ0n) is 11.4. The van der Waals surface area contributed by atoms with Crippen molar-refractivity contribution in [1.82, 2.24) is 9.80 Å². The summed E-state index contributed by atoms with van der Waals surface area (Å²) >= 11 is 0. The van der Waals surface area contributed by atoms with Crippen LogP contribution < -0.4 is 0 Å². The summed E-state index contributed by atoms with van der Waals surface area (Å²) in [5.74, 6) is -0.656. The Morgan fingerprint density at radius 2 is 2.06 bits per heavy atom. The van der Waals surface area contributed by atoms with Crippen molar-refractivity contribution in [2.24, 2.45) is 5.41 Å². The summed E-state index contributed by atoms with van der Waals surface area (Å²) in [4.78, 5) is 16.3. The molecule has 18 heavy (non-hydrogen) atoms. The van der Waals surface area contributed by atoms with Gasteiger partial charge in [0.2, 0.25) is 0 Å². The Balaban J connectivity index is 2.02. The molecule has 0 aromatic rings. The number of rotatable bonds is 3. The van der Waals surface area contributed by atoms with E-state index in [1.807, 2.05) is 0 Å². The molecule has 0 aliphatic carbocycles. The molecule has 1 atom stereocenters. The zero-order chi connectivity index (χ0) is 13.2. The quantitative estimate of drug-likeness (QED) is 0.797. The van der Waals surface area contributed by atoms with Crippen LogP contribution in [0.15, 0.2) is 0 Å². The van der Waals surface area contributed by atoms with Gasteiger partial charge in [0.1, 0.15) is 0 Å². The first kappa shape index (κ1) is 13.8. The van der Waals surface area contributed by atoms with Gasteiger partial charge in [-0.1, -0.05) is 0 Å². The summed E-state index contributed by atoms with van der Waals surface area (Å²) < 4.78 is 5.32. The van der Waals surface area contributed by atoms with Gasteiger partial charge in [-0.2, -0.15) is 0 Å². The molecule has 2 aliphatic heterocycles. The van der Waals surface area contributed by atoms with Crippen molar-refractivity contribution in [2.75, 3.05) is 46.4 Å². The fraction of sp³-hybridized carbons (Fsp3) is 0.923. The molecule has 0 saturated carbocycles. The molecule has 5 heteroatoms. The number of carboxylic acid groups (broad SMARTS) is 1. The Morgan fingerprint density at radius 1 is 1.39 bits per heavy atom. The van der Waals surface area contributed by atoms with Crippen LogP contribution in [0.3, 0.4) is 0 Å². The minimum absolute atomic E-state index is 0.433. The van der Waals surface area contributed by atoms with E-state index < -0.39 is 11.4 Å². The minimum Gasteiger partial charge on any atom is -0.481 e. The number of aliphatic carboxylic acids is 1. The molecule has 0 spiro atoms. The molecule has 1 N–H and O–H groups in total. The maximum Gasteiger partial charge on any atom is 0.311 e. The summed E-state index contributed by atoms with van der Waals surface area (Å²) in [6.07, 6.45) is 1.28. The summed E-state index contributed by atoms with van der Waals surface area (Å²) in [5, 5.41) is 9.57. The molecular weight excluding hydrogens is 232 g/mol. The van der Waals surface area contributed by atoms with E-state index in [-0.39, 0.29) is 0 Å². The van der Waals surface area contributed by atoms with Crippen LogP contribution in [0.5, 0.6) is 0 Å². The second-order valence-corrected chi connectivity index (χ2v) is 5.78. The standard InChI is InChI=1S/C13H24N2O3/c1-11-9-14(2)5-6-15(11)10-13(12(16)17)3-7-18-8-4-13/h11H,3-10H2,1-2H3,(H,16,17). The summed E-state index contributed by atoms with van der Waals surface area (Å²) in [6.45, 7) is 7.02. The third kappa shape index (κ3) is 2.84. The van der Waals surface area contributed by atoms with E-state index in [2.05, 4.69) is 23.8 Å². The van der Waals surface area contributed by atoms with Crippen molar-refractivity contribution in [1.29, 1.82) is 0 Å². The van der Waals surface area contributed by atoms with Crippen molar-refractivity contribution in [3.05, 3.63) is 0 Å². The first-order chi connectivity index (χ1) is 8.53. The lowest BCUT2D eigenvalue weighted by Gasteiger charge is -2.44. The molecule has 0 aromatic heterocycles. The zero-order valence-corrected chi connectivity index (χ0v) is 11.4. The van der Waals surface area contributed by atoms with Crippen molar-refractivity contribution in [3.8, 4) is 0 Å². The van der Waals surface area contributed by atoms with Crippen LogP contribution in [0, 0.1) is 5.41 Å². The van der Waals surface area contributed by atoms with E-state index >= 15 is 0 Å². The van der Waals surface area contributed by atoms with Crippen molar-refractivity contribution < 1.29 is 14.6 Å². The highest BCUT2D eigenvalue weighted by atomic mass is 16.5. The predicted octanol–water partition coefficient (Wildman–Crippen LogP) is 0.504. The van der Waals surface area contributed by atoms with Crippen LogP contribution in [-0.2, 0) is 9.53 Å². The largest absolute Gasteiger partial charge is 0.481 e. The van der Waals surface area contributed by atoms with Gasteiger partial charge in [0.15, 0.2) is 0 Å². The number of piperazine rings is 1. The molecule has 2 aliphatic rings. The van der Waals surface area contributed by atoms with Gasteiger partial charge in [-0.25, -0.2) is 0 Å². The van der Waals surface area contributed by atoms with Crippen molar-refractivity contribution in [3.63, 3.8) is 0 Å². The maximum absolute atomic E-state index is 11.6. The topological polar surface area (TPSA) is 53.0 Å². The smallest absolute Gasteiger partial charge is 0.311 e. The molecular formula is C13H24N2O3. The normalized spacial score (nSPS) is 30.2. The molecule has 0 aromatic carbocycles. The highest BCUT2D eigenvalue weighted by molar-refractivity contribution is 5.75. The number of hydrogen-bond donors (Lipinski definition) is 1. The monoisotopic (exact) mass is 256 g/mol. The van der Waals surface area contributed by atoms with E-state index in [9.17, 15) is 9.90 Å². The average Bonchev–Trinajstić information content (AvgIpc) is 2.34. The molecule has 2 heterocycles. The minimum atomic E-state index is -0.656. The van der Waals surface area contributed by atoms with E-state index in [1.165, 1.54) is 0 Å². The average molecular weight is 256 g/mol. The second kappa shape index (κ2) is 5.55. The fourth-order valence-electron chi connectivity index (χ4n) is 3.00. The van der Waals surface area contributed by atoms with Crippen LogP contribution in [0.1, 0.15) is 19.8 Å². The number of ether oxygens (including phenoxy) is 1. The van der Waals surface area contributed by atoms with Crippen molar-refractivity contribution in [2.45, 2.75) is 25.8 Å². The molecule has 2 fully saturated rings. The molecule has 1 unspecified atom stereocenters. The highest BCUT2D eigenvalue weighted by Crippen LogP contribution is 2.33. The predicted molar refractivity (Wildman–Crippen MR) is 68.7 cm³/mol. The van der Waals surface area contributed by atoms with Crippen LogP contribution in [-0.4, -0.2) is 73.4 Å². The van der Waals surface area contributed by atoms with Crippen LogP contribution in [0.25, 0.3) is 0 Å². The van der Waals surface area contributed by atoms with Gasteiger partial charge >= 0.3 is 5.97 Å². The van der Waals surface area contributed by atoms with E-state index in [0.29, 0.717) is 38.6 Å². The first-order valence-electron chi connectivity index (χ1n) is 6.77. The van der Waals surface area contributed by atoms with Gasteiger partial charge in [0.25, 0.3) is 0 Å². The summed E-state index contributed by atoms with van der Waals surface area (Å²) in [6, 6.07) is 0.433. The van der Waals surface area contributed by atoms with E-state index in [0.717, 1.165) is 19.6 Å². The number of nitrogens with zero attached hydrogens (tertiary/aromatic N) is 2.